The van der Waals surface area contributed by atoms with Crippen LogP contribution in [0.25, 0.3) is 17.3 Å². The third-order valence-corrected chi connectivity index (χ3v) is 8.05. The van der Waals surface area contributed by atoms with Crippen LogP contribution < -0.4 is 5.32 Å². The van der Waals surface area contributed by atoms with Crippen LogP contribution in [-0.2, 0) is 16.9 Å². The van der Waals surface area contributed by atoms with Gasteiger partial charge in [-0.2, -0.15) is 5.10 Å². The van der Waals surface area contributed by atoms with E-state index in [0.29, 0.717) is 45.4 Å². The molecule has 10 heteroatoms. The van der Waals surface area contributed by atoms with Crippen LogP contribution in [-0.4, -0.2) is 43.2 Å². The Labute approximate surface area is 214 Å². The van der Waals surface area contributed by atoms with Gasteiger partial charge in [0.05, 0.1) is 34.1 Å². The Morgan fingerprint density at radius 3 is 2.66 bits per heavy atom. The van der Waals surface area contributed by atoms with Gasteiger partial charge in [-0.05, 0) is 72.4 Å². The maximum atomic E-state index is 13.4. The molecule has 1 amide bonds. The highest BCUT2D eigenvalue weighted by Crippen LogP contribution is 2.37. The van der Waals surface area contributed by atoms with Crippen LogP contribution in [0.2, 0.25) is 10.0 Å². The van der Waals surface area contributed by atoms with Gasteiger partial charge < -0.3 is 15.0 Å². The van der Waals surface area contributed by atoms with E-state index >= 15 is 0 Å². The fourth-order valence-electron chi connectivity index (χ4n) is 4.60. The standard InChI is InChI=1S/C25H22Cl2FN3O3S/c26-16-6-9-21(19(27)11-16)31-24-15(10-14-4-7-17(28)8-5-14)12-35(34)13-18(24)23(30-31)25(33)29-20-2-1-3-22(20)32/h4-11,20,22,32H,1-3,12-13H2,(H,29,33)/b15-10+/t20-,22-,35?/m1/s1. The van der Waals surface area contributed by atoms with Gasteiger partial charge in [0.25, 0.3) is 5.91 Å². The van der Waals surface area contributed by atoms with Crippen molar-refractivity contribution >= 4 is 51.9 Å². The van der Waals surface area contributed by atoms with Gasteiger partial charge in [0.15, 0.2) is 5.69 Å². The van der Waals surface area contributed by atoms with Crippen LogP contribution >= 0.6 is 23.2 Å². The minimum atomic E-state index is -1.28. The molecule has 1 aromatic heterocycles. The van der Waals surface area contributed by atoms with Gasteiger partial charge in [-0.1, -0.05) is 35.3 Å². The summed E-state index contributed by atoms with van der Waals surface area (Å²) in [5, 5.41) is 18.5. The molecule has 1 saturated carbocycles. The number of nitrogens with one attached hydrogen (secondary N) is 1. The van der Waals surface area contributed by atoms with Gasteiger partial charge in [-0.3, -0.25) is 4.79 Å². The second-order valence-corrected chi connectivity index (χ2v) is 11.0. The zero-order chi connectivity index (χ0) is 24.7. The summed E-state index contributed by atoms with van der Waals surface area (Å²) in [6.45, 7) is 0. The lowest BCUT2D eigenvalue weighted by atomic mass is 10.0. The summed E-state index contributed by atoms with van der Waals surface area (Å²) < 4.78 is 27.9. The predicted molar refractivity (Wildman–Crippen MR) is 136 cm³/mol. The number of rotatable bonds is 4. The summed E-state index contributed by atoms with van der Waals surface area (Å²) >= 11 is 11.3. The van der Waals surface area contributed by atoms with E-state index in [1.807, 2.05) is 6.08 Å². The minimum Gasteiger partial charge on any atom is -0.616 e. The molecule has 2 N–H and O–H groups in total. The average molecular weight is 534 g/mol. The van der Waals surface area contributed by atoms with Crippen molar-refractivity contribution in [3.63, 3.8) is 0 Å². The molecular formula is C25H22Cl2FN3O3S. The molecule has 35 heavy (non-hydrogen) atoms. The molecule has 2 aromatic carbocycles. The normalized spacial score (nSPS) is 22.9. The lowest BCUT2D eigenvalue weighted by Crippen LogP contribution is -2.40. The van der Waals surface area contributed by atoms with Crippen molar-refractivity contribution in [3.8, 4) is 5.69 Å². The third-order valence-electron chi connectivity index (χ3n) is 6.27. The van der Waals surface area contributed by atoms with E-state index in [4.69, 9.17) is 23.2 Å². The number of aliphatic hydroxyl groups is 1. The Balaban J connectivity index is 1.65. The summed E-state index contributed by atoms with van der Waals surface area (Å²) in [7, 11) is 0. The number of hydrogen-bond acceptors (Lipinski definition) is 4. The fourth-order valence-corrected chi connectivity index (χ4v) is 6.35. The number of carbonyl (C=O) groups is 1. The van der Waals surface area contributed by atoms with Crippen molar-refractivity contribution in [3.05, 3.63) is 80.8 Å². The van der Waals surface area contributed by atoms with Crippen molar-refractivity contribution in [2.24, 2.45) is 0 Å². The van der Waals surface area contributed by atoms with Crippen LogP contribution in [0.1, 0.15) is 46.6 Å². The zero-order valence-electron chi connectivity index (χ0n) is 18.5. The van der Waals surface area contributed by atoms with Crippen molar-refractivity contribution in [2.75, 3.05) is 5.75 Å². The highest BCUT2D eigenvalue weighted by atomic mass is 35.5. The maximum absolute atomic E-state index is 13.4. The van der Waals surface area contributed by atoms with Gasteiger partial charge in [0, 0.05) is 10.6 Å². The number of fused-ring (bicyclic) bond motifs is 1. The van der Waals surface area contributed by atoms with E-state index in [1.54, 1.807) is 35.0 Å². The molecule has 3 aromatic rings. The van der Waals surface area contributed by atoms with Crippen LogP contribution in [0.15, 0.2) is 42.5 Å². The number of nitrogens with zero attached hydrogens (tertiary/aromatic N) is 2. The lowest BCUT2D eigenvalue weighted by Gasteiger charge is -2.22. The van der Waals surface area contributed by atoms with Crippen LogP contribution in [0, 0.1) is 5.82 Å². The number of hydrogen-bond donors (Lipinski definition) is 2. The number of halogens is 3. The first-order valence-corrected chi connectivity index (χ1v) is 13.4. The smallest absolute Gasteiger partial charge is 0.272 e. The Hall–Kier alpha value is -2.36. The quantitative estimate of drug-likeness (QED) is 0.473. The van der Waals surface area contributed by atoms with Gasteiger partial charge in [0.2, 0.25) is 0 Å². The Kier molecular flexibility index (Phi) is 6.92. The van der Waals surface area contributed by atoms with E-state index in [1.165, 1.54) is 12.1 Å². The molecule has 5 rings (SSSR count). The monoisotopic (exact) mass is 533 g/mol. The molecule has 1 unspecified atom stereocenters. The number of aliphatic hydroxyl groups excluding tert-OH is 1. The van der Waals surface area contributed by atoms with E-state index < -0.39 is 23.2 Å². The topological polar surface area (TPSA) is 90.2 Å². The maximum Gasteiger partial charge on any atom is 0.272 e. The average Bonchev–Trinajstić information content (AvgIpc) is 3.39. The summed E-state index contributed by atoms with van der Waals surface area (Å²) in [5.74, 6) is -0.400. The molecule has 2 heterocycles. The van der Waals surface area contributed by atoms with Crippen LogP contribution in [0.4, 0.5) is 4.39 Å². The van der Waals surface area contributed by atoms with Gasteiger partial charge in [-0.15, -0.1) is 0 Å². The van der Waals surface area contributed by atoms with Crippen molar-refractivity contribution in [1.29, 1.82) is 0 Å². The molecule has 1 aliphatic heterocycles. The van der Waals surface area contributed by atoms with E-state index in [2.05, 4.69) is 10.4 Å². The minimum absolute atomic E-state index is 0.142. The molecular weight excluding hydrogens is 512 g/mol. The molecule has 1 aliphatic carbocycles. The number of carbonyl (C=O) groups excluding carboxylic acids is 1. The van der Waals surface area contributed by atoms with Gasteiger partial charge in [-0.25, -0.2) is 9.07 Å². The second-order valence-electron chi connectivity index (χ2n) is 8.71. The first-order chi connectivity index (χ1) is 16.8. The first-order valence-electron chi connectivity index (χ1n) is 11.2. The molecule has 2 aliphatic rings. The van der Waals surface area contributed by atoms with E-state index in [0.717, 1.165) is 12.0 Å². The number of aromatic nitrogens is 2. The molecule has 0 spiro atoms. The molecule has 0 bridgehead atoms. The third kappa shape index (κ3) is 4.99. The molecule has 0 saturated heterocycles. The predicted octanol–water partition coefficient (Wildman–Crippen LogP) is 4.76. The van der Waals surface area contributed by atoms with Gasteiger partial charge >= 0.3 is 0 Å². The van der Waals surface area contributed by atoms with Crippen molar-refractivity contribution < 1.29 is 18.8 Å². The first kappa shape index (κ1) is 24.3. The number of benzene rings is 2. The molecule has 0 radical (unpaired) electrons. The molecule has 182 valence electrons. The van der Waals surface area contributed by atoms with E-state index in [9.17, 15) is 18.8 Å². The molecule has 6 nitrogen and oxygen atoms in total. The van der Waals surface area contributed by atoms with Crippen LogP contribution in [0.3, 0.4) is 0 Å². The largest absolute Gasteiger partial charge is 0.616 e. The van der Waals surface area contributed by atoms with Crippen LogP contribution in [0.5, 0.6) is 0 Å². The van der Waals surface area contributed by atoms with Crippen molar-refractivity contribution in [1.82, 2.24) is 15.1 Å². The highest BCUT2D eigenvalue weighted by Gasteiger charge is 2.36. The van der Waals surface area contributed by atoms with Crippen molar-refractivity contribution in [2.45, 2.75) is 37.2 Å². The summed E-state index contributed by atoms with van der Waals surface area (Å²) in [4.78, 5) is 13.3. The fraction of sp³-hybridized carbons (Fsp3) is 0.280. The summed E-state index contributed by atoms with van der Waals surface area (Å²) in [5.41, 5.74) is 3.23. The highest BCUT2D eigenvalue weighted by molar-refractivity contribution is 7.91. The summed E-state index contributed by atoms with van der Waals surface area (Å²) in [6.07, 6.45) is 3.35. The Morgan fingerprint density at radius 1 is 1.20 bits per heavy atom. The molecule has 1 fully saturated rings. The van der Waals surface area contributed by atoms with Gasteiger partial charge in [0.1, 0.15) is 17.3 Å². The molecule has 3 atom stereocenters. The lowest BCUT2D eigenvalue weighted by molar-refractivity contribution is 0.0867. The summed E-state index contributed by atoms with van der Waals surface area (Å²) in [6, 6.07) is 10.6. The number of amides is 1. The second kappa shape index (κ2) is 9.95. The Morgan fingerprint density at radius 2 is 1.97 bits per heavy atom. The Bertz CT molecular complexity index is 1310. The van der Waals surface area contributed by atoms with E-state index in [-0.39, 0.29) is 29.1 Å². The zero-order valence-corrected chi connectivity index (χ0v) is 20.8. The SMILES string of the molecule is O=C(N[C@@H]1CCC[C@H]1O)c1nn(-c2ccc(Cl)cc2Cl)c2c1C[S+]([O-])C/C2=C\c1ccc(F)cc1.